The van der Waals surface area contributed by atoms with Crippen LogP contribution in [0.4, 0.5) is 0 Å². The van der Waals surface area contributed by atoms with E-state index in [1.807, 2.05) is 13.8 Å². The lowest BCUT2D eigenvalue weighted by molar-refractivity contribution is 0.0928. The summed E-state index contributed by atoms with van der Waals surface area (Å²) >= 11 is 0. The van der Waals surface area contributed by atoms with E-state index in [0.29, 0.717) is 5.69 Å². The van der Waals surface area contributed by atoms with Gasteiger partial charge in [-0.1, -0.05) is 13.8 Å². The summed E-state index contributed by atoms with van der Waals surface area (Å²) in [4.78, 5) is 11.7. The Hall–Kier alpha value is -1.83. The molecule has 0 aliphatic carbocycles. The molecule has 1 amide bonds. The first-order valence-electron chi connectivity index (χ1n) is 4.74. The molecule has 0 radical (unpaired) electrons. The van der Waals surface area contributed by atoms with Gasteiger partial charge in [0.25, 0.3) is 5.91 Å². The van der Waals surface area contributed by atoms with Crippen molar-refractivity contribution in [3.63, 3.8) is 0 Å². The van der Waals surface area contributed by atoms with Gasteiger partial charge in [0.2, 0.25) is 0 Å². The van der Waals surface area contributed by atoms with Gasteiger partial charge in [0, 0.05) is 13.2 Å². The second kappa shape index (κ2) is 4.60. The molecule has 0 saturated carbocycles. The van der Waals surface area contributed by atoms with E-state index in [1.165, 1.54) is 4.68 Å². The number of hydrogen-bond donors (Lipinski definition) is 1. The Morgan fingerprint density at radius 2 is 2.33 bits per heavy atom. The second-order valence-corrected chi connectivity index (χ2v) is 3.66. The molecule has 1 unspecified atom stereocenters. The maximum atomic E-state index is 11.7. The van der Waals surface area contributed by atoms with Crippen molar-refractivity contribution in [2.45, 2.75) is 19.9 Å². The lowest BCUT2D eigenvalue weighted by Gasteiger charge is -2.14. The van der Waals surface area contributed by atoms with Gasteiger partial charge in [-0.15, -0.1) is 0 Å². The summed E-state index contributed by atoms with van der Waals surface area (Å²) in [6, 6.07) is 3.20. The topological polar surface area (TPSA) is 70.7 Å². The average molecular weight is 206 g/mol. The SMILES string of the molecule is CC(C)C(C#N)NC(=O)c1ccnn1C. The van der Waals surface area contributed by atoms with E-state index in [9.17, 15) is 4.79 Å². The maximum absolute atomic E-state index is 11.7. The fourth-order valence-electron chi connectivity index (χ4n) is 1.16. The van der Waals surface area contributed by atoms with Crippen molar-refractivity contribution in [2.75, 3.05) is 0 Å². The first kappa shape index (κ1) is 11.2. The Balaban J connectivity index is 2.72. The summed E-state index contributed by atoms with van der Waals surface area (Å²) in [5.41, 5.74) is 0.455. The highest BCUT2D eigenvalue weighted by Crippen LogP contribution is 2.02. The van der Waals surface area contributed by atoms with Crippen LogP contribution in [0.3, 0.4) is 0 Å². The number of nitriles is 1. The third-order valence-electron chi connectivity index (χ3n) is 2.15. The predicted molar refractivity (Wildman–Crippen MR) is 54.9 cm³/mol. The van der Waals surface area contributed by atoms with Crippen molar-refractivity contribution in [1.29, 1.82) is 5.26 Å². The molecule has 1 aromatic rings. The van der Waals surface area contributed by atoms with Gasteiger partial charge >= 0.3 is 0 Å². The molecule has 15 heavy (non-hydrogen) atoms. The normalized spacial score (nSPS) is 12.2. The number of nitrogens with one attached hydrogen (secondary N) is 1. The van der Waals surface area contributed by atoms with Gasteiger partial charge in [0.1, 0.15) is 11.7 Å². The minimum Gasteiger partial charge on any atom is -0.335 e. The van der Waals surface area contributed by atoms with Crippen LogP contribution >= 0.6 is 0 Å². The molecule has 80 valence electrons. The van der Waals surface area contributed by atoms with Crippen LogP contribution in [0.5, 0.6) is 0 Å². The van der Waals surface area contributed by atoms with E-state index in [2.05, 4.69) is 16.5 Å². The lowest BCUT2D eigenvalue weighted by atomic mass is 10.1. The molecule has 1 N–H and O–H groups in total. The molecule has 0 aliphatic heterocycles. The quantitative estimate of drug-likeness (QED) is 0.791. The third-order valence-corrected chi connectivity index (χ3v) is 2.15. The van der Waals surface area contributed by atoms with Gasteiger partial charge < -0.3 is 5.32 Å². The molecule has 0 bridgehead atoms. The van der Waals surface area contributed by atoms with Gasteiger partial charge in [0.15, 0.2) is 0 Å². The zero-order chi connectivity index (χ0) is 11.4. The summed E-state index contributed by atoms with van der Waals surface area (Å²) in [7, 11) is 1.69. The zero-order valence-electron chi connectivity index (χ0n) is 9.06. The van der Waals surface area contributed by atoms with Crippen LogP contribution < -0.4 is 5.32 Å². The molecule has 0 aliphatic rings. The van der Waals surface area contributed by atoms with Gasteiger partial charge in [-0.05, 0) is 12.0 Å². The molecular weight excluding hydrogens is 192 g/mol. The van der Waals surface area contributed by atoms with Crippen LogP contribution in [0.2, 0.25) is 0 Å². The van der Waals surface area contributed by atoms with Crippen molar-refractivity contribution < 1.29 is 4.79 Å². The summed E-state index contributed by atoms with van der Waals surface area (Å²) in [5.74, 6) is -0.178. The fraction of sp³-hybridized carbons (Fsp3) is 0.500. The molecule has 1 heterocycles. The molecule has 0 aromatic carbocycles. The molecule has 0 spiro atoms. The van der Waals surface area contributed by atoms with E-state index in [0.717, 1.165) is 0 Å². The van der Waals surface area contributed by atoms with E-state index >= 15 is 0 Å². The van der Waals surface area contributed by atoms with Gasteiger partial charge in [-0.2, -0.15) is 10.4 Å². The maximum Gasteiger partial charge on any atom is 0.270 e. The lowest BCUT2D eigenvalue weighted by Crippen LogP contribution is -2.38. The van der Waals surface area contributed by atoms with Crippen molar-refractivity contribution in [3.8, 4) is 6.07 Å². The molecule has 5 nitrogen and oxygen atoms in total. The summed E-state index contributed by atoms with van der Waals surface area (Å²) in [5, 5.41) is 15.4. The van der Waals surface area contributed by atoms with Crippen LogP contribution in [0.15, 0.2) is 12.3 Å². The number of aryl methyl sites for hydroxylation is 1. The number of hydrogen-bond acceptors (Lipinski definition) is 3. The van der Waals surface area contributed by atoms with Gasteiger partial charge in [-0.3, -0.25) is 9.48 Å². The van der Waals surface area contributed by atoms with Crippen LogP contribution in [0.25, 0.3) is 0 Å². The molecule has 0 saturated heterocycles. The number of rotatable bonds is 3. The molecule has 0 fully saturated rings. The largest absolute Gasteiger partial charge is 0.335 e. The monoisotopic (exact) mass is 206 g/mol. The van der Waals surface area contributed by atoms with Crippen LogP contribution in [0, 0.1) is 17.2 Å². The molecule has 5 heteroatoms. The highest BCUT2D eigenvalue weighted by Gasteiger charge is 2.17. The smallest absolute Gasteiger partial charge is 0.270 e. The molecular formula is C10H14N4O. The van der Waals surface area contributed by atoms with Crippen molar-refractivity contribution in [1.82, 2.24) is 15.1 Å². The Labute approximate surface area is 88.7 Å². The summed E-state index contributed by atoms with van der Waals surface area (Å²) in [6.07, 6.45) is 1.55. The zero-order valence-corrected chi connectivity index (χ0v) is 9.06. The number of nitrogens with zero attached hydrogens (tertiary/aromatic N) is 3. The van der Waals surface area contributed by atoms with Crippen molar-refractivity contribution in [3.05, 3.63) is 18.0 Å². The van der Waals surface area contributed by atoms with E-state index < -0.39 is 6.04 Å². The van der Waals surface area contributed by atoms with Crippen LogP contribution in [-0.2, 0) is 7.05 Å². The standard InChI is InChI=1S/C10H14N4O/c1-7(2)8(6-11)13-10(15)9-4-5-12-14(9)3/h4-5,7-8H,1-3H3,(H,13,15). The number of carbonyl (C=O) groups is 1. The molecule has 1 rings (SSSR count). The second-order valence-electron chi connectivity index (χ2n) is 3.66. The van der Waals surface area contributed by atoms with Gasteiger partial charge in [-0.25, -0.2) is 0 Å². The third kappa shape index (κ3) is 2.56. The minimum atomic E-state index is -0.465. The van der Waals surface area contributed by atoms with Crippen LogP contribution in [-0.4, -0.2) is 21.7 Å². The molecule has 1 atom stereocenters. The number of aromatic nitrogens is 2. The summed E-state index contributed by atoms with van der Waals surface area (Å²) in [6.45, 7) is 3.77. The first-order chi connectivity index (χ1) is 7.06. The van der Waals surface area contributed by atoms with E-state index in [4.69, 9.17) is 5.26 Å². The number of amides is 1. The predicted octanol–water partition coefficient (Wildman–Crippen LogP) is 0.698. The molecule has 1 aromatic heterocycles. The Bertz CT molecular complexity index is 388. The van der Waals surface area contributed by atoms with E-state index in [1.54, 1.807) is 19.3 Å². The Kier molecular flexibility index (Phi) is 3.45. The number of carbonyl (C=O) groups excluding carboxylic acids is 1. The average Bonchev–Trinajstić information content (AvgIpc) is 2.60. The van der Waals surface area contributed by atoms with Crippen molar-refractivity contribution in [2.24, 2.45) is 13.0 Å². The summed E-state index contributed by atoms with van der Waals surface area (Å²) < 4.78 is 1.48. The van der Waals surface area contributed by atoms with E-state index in [-0.39, 0.29) is 11.8 Å². The Morgan fingerprint density at radius 3 is 2.73 bits per heavy atom. The Morgan fingerprint density at radius 1 is 1.67 bits per heavy atom. The highest BCUT2D eigenvalue weighted by molar-refractivity contribution is 5.92. The fourth-order valence-corrected chi connectivity index (χ4v) is 1.16. The van der Waals surface area contributed by atoms with Crippen LogP contribution in [0.1, 0.15) is 24.3 Å². The van der Waals surface area contributed by atoms with Gasteiger partial charge in [0.05, 0.1) is 6.07 Å². The van der Waals surface area contributed by atoms with Crippen molar-refractivity contribution >= 4 is 5.91 Å². The first-order valence-corrected chi connectivity index (χ1v) is 4.74. The highest BCUT2D eigenvalue weighted by atomic mass is 16.2. The minimum absolute atomic E-state index is 0.0900.